The maximum atomic E-state index is 3.55. The first-order chi connectivity index (χ1) is 8.74. The average Bonchev–Trinajstić information content (AvgIpc) is 2.95. The summed E-state index contributed by atoms with van der Waals surface area (Å²) in [5, 5.41) is 3.55. The molecule has 3 unspecified atom stereocenters. The molecular formula is C16H21NS. The monoisotopic (exact) mass is 259 g/mol. The molecule has 0 bridgehead atoms. The third-order valence-corrected chi connectivity index (χ3v) is 5.53. The van der Waals surface area contributed by atoms with Gasteiger partial charge in [0.15, 0.2) is 0 Å². The van der Waals surface area contributed by atoms with Crippen molar-refractivity contribution >= 4 is 17.3 Å². The van der Waals surface area contributed by atoms with Gasteiger partial charge >= 0.3 is 0 Å². The zero-order valence-corrected chi connectivity index (χ0v) is 12.2. The highest BCUT2D eigenvalue weighted by Crippen LogP contribution is 2.49. The van der Waals surface area contributed by atoms with Crippen molar-refractivity contribution in [3.05, 3.63) is 35.4 Å². The van der Waals surface area contributed by atoms with Gasteiger partial charge in [-0.05, 0) is 54.7 Å². The van der Waals surface area contributed by atoms with E-state index in [2.05, 4.69) is 49.7 Å². The van der Waals surface area contributed by atoms with Gasteiger partial charge < -0.3 is 5.32 Å². The van der Waals surface area contributed by atoms with Crippen molar-refractivity contribution in [2.75, 3.05) is 19.3 Å². The molecule has 96 valence electrons. The highest BCUT2D eigenvalue weighted by Gasteiger charge is 2.41. The van der Waals surface area contributed by atoms with E-state index in [1.807, 2.05) is 11.8 Å². The predicted molar refractivity (Wildman–Crippen MR) is 79.8 cm³/mol. The van der Waals surface area contributed by atoms with Gasteiger partial charge in [-0.25, -0.2) is 0 Å². The first kappa shape index (κ1) is 12.3. The third-order valence-electron chi connectivity index (χ3n) is 4.74. The van der Waals surface area contributed by atoms with E-state index in [4.69, 9.17) is 0 Å². The van der Waals surface area contributed by atoms with E-state index in [1.165, 1.54) is 23.5 Å². The molecule has 1 aliphatic carbocycles. The van der Waals surface area contributed by atoms with E-state index in [0.29, 0.717) is 5.92 Å². The normalized spacial score (nSPS) is 30.9. The lowest BCUT2D eigenvalue weighted by atomic mass is 9.88. The molecule has 0 radical (unpaired) electrons. The lowest BCUT2D eigenvalue weighted by Gasteiger charge is -2.18. The Balaban J connectivity index is 2.08. The molecule has 0 spiro atoms. The second-order valence-corrected chi connectivity index (χ2v) is 6.36. The highest BCUT2D eigenvalue weighted by molar-refractivity contribution is 7.98. The van der Waals surface area contributed by atoms with Crippen LogP contribution in [0.3, 0.4) is 0 Å². The Labute approximate surface area is 114 Å². The van der Waals surface area contributed by atoms with Crippen LogP contribution in [0.15, 0.2) is 34.7 Å². The molecule has 3 atom stereocenters. The highest BCUT2D eigenvalue weighted by atomic mass is 32.2. The number of thioether (sulfide) groups is 1. The van der Waals surface area contributed by atoms with Gasteiger partial charge in [-0.3, -0.25) is 0 Å². The molecule has 1 heterocycles. The minimum atomic E-state index is 0.693. The quantitative estimate of drug-likeness (QED) is 0.813. The Kier molecular flexibility index (Phi) is 3.25. The van der Waals surface area contributed by atoms with E-state index in [0.717, 1.165) is 11.8 Å². The van der Waals surface area contributed by atoms with Gasteiger partial charge in [0.05, 0.1) is 0 Å². The molecule has 1 N–H and O–H groups in total. The Bertz CT molecular complexity index is 492. The van der Waals surface area contributed by atoms with Gasteiger partial charge in [0.1, 0.15) is 0 Å². The summed E-state index contributed by atoms with van der Waals surface area (Å²) in [5.41, 5.74) is 4.72. The maximum Gasteiger partial charge on any atom is 0.0144 e. The van der Waals surface area contributed by atoms with Gasteiger partial charge in [-0.2, -0.15) is 0 Å². The van der Waals surface area contributed by atoms with Crippen LogP contribution >= 0.6 is 11.8 Å². The Hall–Kier alpha value is -0.730. The summed E-state index contributed by atoms with van der Waals surface area (Å²) < 4.78 is 0. The maximum absolute atomic E-state index is 3.55. The molecule has 1 saturated heterocycles. The molecule has 1 fully saturated rings. The molecule has 0 amide bonds. The van der Waals surface area contributed by atoms with Crippen LogP contribution in [-0.4, -0.2) is 19.3 Å². The molecule has 1 aromatic rings. The molecule has 0 saturated carbocycles. The average molecular weight is 259 g/mol. The second-order valence-electron chi connectivity index (χ2n) is 5.51. The van der Waals surface area contributed by atoms with Gasteiger partial charge in [0.25, 0.3) is 0 Å². The molecule has 2 aliphatic rings. The Morgan fingerprint density at radius 1 is 1.22 bits per heavy atom. The summed E-state index contributed by atoms with van der Waals surface area (Å²) >= 11 is 1.86. The molecule has 0 aromatic heterocycles. The number of fused-ring (bicyclic) bond motifs is 1. The summed E-state index contributed by atoms with van der Waals surface area (Å²) in [4.78, 5) is 1.42. The molecular weight excluding hydrogens is 238 g/mol. The molecule has 18 heavy (non-hydrogen) atoms. The molecule has 1 aliphatic heterocycles. The van der Waals surface area contributed by atoms with Crippen LogP contribution < -0.4 is 5.32 Å². The van der Waals surface area contributed by atoms with Crippen molar-refractivity contribution in [1.82, 2.24) is 5.32 Å². The fourth-order valence-electron chi connectivity index (χ4n) is 3.80. The van der Waals surface area contributed by atoms with Crippen molar-refractivity contribution in [3.63, 3.8) is 0 Å². The van der Waals surface area contributed by atoms with E-state index >= 15 is 0 Å². The number of hydrogen-bond acceptors (Lipinski definition) is 2. The van der Waals surface area contributed by atoms with Crippen LogP contribution in [0.5, 0.6) is 0 Å². The van der Waals surface area contributed by atoms with E-state index in [-0.39, 0.29) is 0 Å². The summed E-state index contributed by atoms with van der Waals surface area (Å²) in [6.07, 6.45) is 2.18. The number of nitrogens with one attached hydrogen (secondary N) is 1. The summed E-state index contributed by atoms with van der Waals surface area (Å²) in [5.74, 6) is 2.28. The topological polar surface area (TPSA) is 12.0 Å². The number of rotatable bonds is 2. The van der Waals surface area contributed by atoms with Crippen molar-refractivity contribution in [2.24, 2.45) is 17.8 Å². The van der Waals surface area contributed by atoms with Gasteiger partial charge in [-0.15, -0.1) is 11.8 Å². The minimum Gasteiger partial charge on any atom is -0.316 e. The zero-order chi connectivity index (χ0) is 12.7. The number of benzene rings is 1. The van der Waals surface area contributed by atoms with Gasteiger partial charge in [-0.1, -0.05) is 30.7 Å². The van der Waals surface area contributed by atoms with E-state index < -0.39 is 0 Å². The Morgan fingerprint density at radius 2 is 2.00 bits per heavy atom. The Morgan fingerprint density at radius 3 is 2.72 bits per heavy atom. The lowest BCUT2D eigenvalue weighted by Crippen LogP contribution is -2.15. The summed E-state index contributed by atoms with van der Waals surface area (Å²) in [6, 6.07) is 8.87. The van der Waals surface area contributed by atoms with Crippen LogP contribution in [0.4, 0.5) is 0 Å². The van der Waals surface area contributed by atoms with Gasteiger partial charge in [0.2, 0.25) is 0 Å². The van der Waals surface area contributed by atoms with Crippen LogP contribution in [0.25, 0.3) is 5.57 Å². The van der Waals surface area contributed by atoms with Crippen LogP contribution in [0, 0.1) is 17.8 Å². The fraction of sp³-hybridized carbons (Fsp3) is 0.500. The van der Waals surface area contributed by atoms with Crippen molar-refractivity contribution in [2.45, 2.75) is 18.7 Å². The minimum absolute atomic E-state index is 0.693. The third kappa shape index (κ3) is 1.74. The fourth-order valence-corrected chi connectivity index (χ4v) is 4.41. The zero-order valence-electron chi connectivity index (χ0n) is 11.4. The smallest absolute Gasteiger partial charge is 0.0144 e. The predicted octanol–water partition coefficient (Wildman–Crippen LogP) is 3.67. The lowest BCUT2D eigenvalue weighted by molar-refractivity contribution is 0.428. The number of hydrogen-bond donors (Lipinski definition) is 1. The molecule has 1 nitrogen and oxygen atoms in total. The van der Waals surface area contributed by atoms with Crippen LogP contribution in [0.2, 0.25) is 0 Å². The first-order valence-electron chi connectivity index (χ1n) is 6.78. The van der Waals surface area contributed by atoms with E-state index in [9.17, 15) is 0 Å². The largest absolute Gasteiger partial charge is 0.316 e. The van der Waals surface area contributed by atoms with Crippen LogP contribution in [0.1, 0.15) is 19.4 Å². The summed E-state index contributed by atoms with van der Waals surface area (Å²) in [7, 11) is 0. The molecule has 3 rings (SSSR count). The van der Waals surface area contributed by atoms with E-state index in [1.54, 1.807) is 11.1 Å². The molecule has 2 heteroatoms. The summed E-state index contributed by atoms with van der Waals surface area (Å²) in [6.45, 7) is 7.12. The second kappa shape index (κ2) is 4.75. The number of allylic oxidation sites excluding steroid dienone is 1. The van der Waals surface area contributed by atoms with Gasteiger partial charge in [0, 0.05) is 11.4 Å². The van der Waals surface area contributed by atoms with Crippen molar-refractivity contribution in [3.8, 4) is 0 Å². The standard InChI is InChI=1S/C16H21NS/c1-10-13-8-17-9-14(13)11(2)16(10)12-6-4-5-7-15(12)18-3/h4-7,10,13-14,17H,8-9H2,1-3H3. The van der Waals surface area contributed by atoms with Crippen molar-refractivity contribution < 1.29 is 0 Å². The molecule has 1 aromatic carbocycles. The van der Waals surface area contributed by atoms with Crippen molar-refractivity contribution in [1.29, 1.82) is 0 Å². The van der Waals surface area contributed by atoms with Crippen LogP contribution in [-0.2, 0) is 0 Å². The first-order valence-corrected chi connectivity index (χ1v) is 8.01. The SMILES string of the molecule is CSc1ccccc1C1=C(C)C2CNCC2C1C.